The van der Waals surface area contributed by atoms with Crippen molar-refractivity contribution in [3.05, 3.63) is 23.8 Å². The molecule has 0 aliphatic heterocycles. The summed E-state index contributed by atoms with van der Waals surface area (Å²) in [4.78, 5) is 12.0. The van der Waals surface area contributed by atoms with Crippen LogP contribution >= 0.6 is 0 Å². The standard InChI is InChI=1S/C19H30N2O2/c1-2-3-13-23-18-11-9-15(14-17(18)20)10-12-19(22)21-16-7-5-4-6-8-16/h9,11,14,16H,2-8,10,12-13,20H2,1H3,(H,21,22). The number of amides is 1. The Morgan fingerprint density at radius 3 is 2.78 bits per heavy atom. The highest BCUT2D eigenvalue weighted by Crippen LogP contribution is 2.23. The van der Waals surface area contributed by atoms with Crippen LogP contribution in [-0.2, 0) is 11.2 Å². The molecule has 0 saturated heterocycles. The maximum absolute atomic E-state index is 12.0. The maximum Gasteiger partial charge on any atom is 0.220 e. The van der Waals surface area contributed by atoms with E-state index in [4.69, 9.17) is 10.5 Å². The Morgan fingerprint density at radius 2 is 2.09 bits per heavy atom. The number of unbranched alkanes of at least 4 members (excludes halogenated alkanes) is 1. The number of nitrogen functional groups attached to an aromatic ring is 1. The fraction of sp³-hybridized carbons (Fsp3) is 0.632. The second kappa shape index (κ2) is 9.43. The van der Waals surface area contributed by atoms with Crippen LogP contribution in [0.25, 0.3) is 0 Å². The minimum Gasteiger partial charge on any atom is -0.491 e. The number of nitrogens with one attached hydrogen (secondary N) is 1. The molecule has 1 aliphatic carbocycles. The molecule has 1 aliphatic rings. The Balaban J connectivity index is 1.76. The summed E-state index contributed by atoms with van der Waals surface area (Å²) in [5.74, 6) is 0.896. The second-order valence-corrected chi connectivity index (χ2v) is 6.48. The van der Waals surface area contributed by atoms with Crippen LogP contribution < -0.4 is 15.8 Å². The van der Waals surface area contributed by atoms with Crippen molar-refractivity contribution < 1.29 is 9.53 Å². The highest BCUT2D eigenvalue weighted by atomic mass is 16.5. The molecular formula is C19H30N2O2. The molecule has 0 radical (unpaired) electrons. The Labute approximate surface area is 139 Å². The first kappa shape index (κ1) is 17.6. The van der Waals surface area contributed by atoms with E-state index >= 15 is 0 Å². The van der Waals surface area contributed by atoms with E-state index < -0.39 is 0 Å². The summed E-state index contributed by atoms with van der Waals surface area (Å²) in [6, 6.07) is 6.23. The van der Waals surface area contributed by atoms with E-state index in [9.17, 15) is 4.79 Å². The van der Waals surface area contributed by atoms with Crippen molar-refractivity contribution >= 4 is 11.6 Å². The van der Waals surface area contributed by atoms with Crippen LogP contribution in [0.15, 0.2) is 18.2 Å². The van der Waals surface area contributed by atoms with Gasteiger partial charge in [-0.1, -0.05) is 38.7 Å². The number of rotatable bonds is 8. The quantitative estimate of drug-likeness (QED) is 0.565. The zero-order valence-electron chi connectivity index (χ0n) is 14.3. The van der Waals surface area contributed by atoms with Crippen LogP contribution in [0.4, 0.5) is 5.69 Å². The highest BCUT2D eigenvalue weighted by molar-refractivity contribution is 5.76. The summed E-state index contributed by atoms with van der Waals surface area (Å²) in [5.41, 5.74) is 7.78. The molecule has 4 heteroatoms. The molecule has 0 atom stereocenters. The number of carbonyl (C=O) groups excluding carboxylic acids is 1. The summed E-state index contributed by atoms with van der Waals surface area (Å²) < 4.78 is 5.65. The Kier molecular flexibility index (Phi) is 7.24. The van der Waals surface area contributed by atoms with Crippen LogP contribution in [0.5, 0.6) is 5.75 Å². The monoisotopic (exact) mass is 318 g/mol. The van der Waals surface area contributed by atoms with Crippen molar-refractivity contribution in [3.8, 4) is 5.75 Å². The Bertz CT molecular complexity index is 496. The Morgan fingerprint density at radius 1 is 1.30 bits per heavy atom. The van der Waals surface area contributed by atoms with Gasteiger partial charge in [-0.25, -0.2) is 0 Å². The summed E-state index contributed by atoms with van der Waals surface area (Å²) in [5, 5.41) is 3.15. The molecule has 4 nitrogen and oxygen atoms in total. The molecular weight excluding hydrogens is 288 g/mol. The van der Waals surface area contributed by atoms with Gasteiger partial charge >= 0.3 is 0 Å². The third-order valence-electron chi connectivity index (χ3n) is 4.44. The summed E-state index contributed by atoms with van der Waals surface area (Å²) >= 11 is 0. The summed E-state index contributed by atoms with van der Waals surface area (Å²) in [6.45, 7) is 2.83. The van der Waals surface area contributed by atoms with Crippen molar-refractivity contribution in [3.63, 3.8) is 0 Å². The first-order valence-electron chi connectivity index (χ1n) is 8.99. The van der Waals surface area contributed by atoms with E-state index in [0.29, 0.717) is 24.8 Å². The fourth-order valence-electron chi connectivity index (χ4n) is 3.02. The van der Waals surface area contributed by atoms with Crippen molar-refractivity contribution in [2.75, 3.05) is 12.3 Å². The number of ether oxygens (including phenoxy) is 1. The minimum absolute atomic E-state index is 0.152. The van der Waals surface area contributed by atoms with Gasteiger partial charge in [0.15, 0.2) is 0 Å². The fourth-order valence-corrected chi connectivity index (χ4v) is 3.02. The van der Waals surface area contributed by atoms with Crippen molar-refractivity contribution in [2.45, 2.75) is 70.8 Å². The second-order valence-electron chi connectivity index (χ2n) is 6.48. The van der Waals surface area contributed by atoms with E-state index in [1.165, 1.54) is 19.3 Å². The number of anilines is 1. The number of nitrogens with two attached hydrogens (primary N) is 1. The van der Waals surface area contributed by atoms with E-state index in [0.717, 1.165) is 43.4 Å². The van der Waals surface area contributed by atoms with Crippen molar-refractivity contribution in [1.29, 1.82) is 0 Å². The van der Waals surface area contributed by atoms with Gasteiger partial charge in [-0.05, 0) is 43.4 Å². The molecule has 2 rings (SSSR count). The highest BCUT2D eigenvalue weighted by Gasteiger charge is 2.15. The van der Waals surface area contributed by atoms with Gasteiger partial charge in [0.2, 0.25) is 5.91 Å². The maximum atomic E-state index is 12.0. The smallest absolute Gasteiger partial charge is 0.220 e. The van der Waals surface area contributed by atoms with Gasteiger partial charge in [-0.2, -0.15) is 0 Å². The lowest BCUT2D eigenvalue weighted by atomic mass is 9.95. The molecule has 1 amide bonds. The lowest BCUT2D eigenvalue weighted by molar-refractivity contribution is -0.121. The van der Waals surface area contributed by atoms with E-state index in [1.54, 1.807) is 0 Å². The molecule has 0 heterocycles. The predicted molar refractivity (Wildman–Crippen MR) is 94.6 cm³/mol. The van der Waals surface area contributed by atoms with Crippen LogP contribution in [0.1, 0.15) is 63.9 Å². The van der Waals surface area contributed by atoms with E-state index in [-0.39, 0.29) is 5.91 Å². The van der Waals surface area contributed by atoms with E-state index in [1.807, 2.05) is 18.2 Å². The lowest BCUT2D eigenvalue weighted by Gasteiger charge is -2.22. The van der Waals surface area contributed by atoms with Gasteiger partial charge < -0.3 is 15.8 Å². The molecule has 1 aromatic rings. The molecule has 23 heavy (non-hydrogen) atoms. The molecule has 0 bridgehead atoms. The lowest BCUT2D eigenvalue weighted by Crippen LogP contribution is -2.36. The number of hydrogen-bond donors (Lipinski definition) is 2. The number of carbonyl (C=O) groups is 1. The normalized spacial score (nSPS) is 15.3. The van der Waals surface area contributed by atoms with E-state index in [2.05, 4.69) is 12.2 Å². The zero-order valence-corrected chi connectivity index (χ0v) is 14.3. The van der Waals surface area contributed by atoms with Crippen LogP contribution in [-0.4, -0.2) is 18.6 Å². The first-order chi connectivity index (χ1) is 11.2. The number of hydrogen-bond acceptors (Lipinski definition) is 3. The molecule has 1 saturated carbocycles. The largest absolute Gasteiger partial charge is 0.491 e. The molecule has 128 valence electrons. The van der Waals surface area contributed by atoms with Crippen LogP contribution in [0.3, 0.4) is 0 Å². The topological polar surface area (TPSA) is 64.3 Å². The third-order valence-corrected chi connectivity index (χ3v) is 4.44. The average molecular weight is 318 g/mol. The molecule has 0 spiro atoms. The Hall–Kier alpha value is -1.71. The third kappa shape index (κ3) is 6.12. The molecule has 1 fully saturated rings. The summed E-state index contributed by atoms with van der Waals surface area (Å²) in [6.07, 6.45) is 9.41. The van der Waals surface area contributed by atoms with Gasteiger partial charge in [0.1, 0.15) is 5.75 Å². The molecule has 0 aromatic heterocycles. The van der Waals surface area contributed by atoms with Crippen LogP contribution in [0.2, 0.25) is 0 Å². The van der Waals surface area contributed by atoms with Gasteiger partial charge in [-0.15, -0.1) is 0 Å². The van der Waals surface area contributed by atoms with Crippen LogP contribution in [0, 0.1) is 0 Å². The zero-order chi connectivity index (χ0) is 16.5. The summed E-state index contributed by atoms with van der Waals surface area (Å²) in [7, 11) is 0. The SMILES string of the molecule is CCCCOc1ccc(CCC(=O)NC2CCCCC2)cc1N. The van der Waals surface area contributed by atoms with Crippen molar-refractivity contribution in [2.24, 2.45) is 0 Å². The number of aryl methyl sites for hydroxylation is 1. The average Bonchev–Trinajstić information content (AvgIpc) is 2.56. The van der Waals surface area contributed by atoms with Crippen molar-refractivity contribution in [1.82, 2.24) is 5.32 Å². The minimum atomic E-state index is 0.152. The predicted octanol–water partition coefficient (Wildman–Crippen LogP) is 3.83. The molecule has 3 N–H and O–H groups in total. The molecule has 1 aromatic carbocycles. The van der Waals surface area contributed by atoms with Gasteiger partial charge in [0.05, 0.1) is 12.3 Å². The van der Waals surface area contributed by atoms with Gasteiger partial charge in [0, 0.05) is 12.5 Å². The number of benzene rings is 1. The first-order valence-corrected chi connectivity index (χ1v) is 8.99. The molecule has 0 unspecified atom stereocenters. The van der Waals surface area contributed by atoms with Gasteiger partial charge in [0.25, 0.3) is 0 Å². The van der Waals surface area contributed by atoms with Gasteiger partial charge in [-0.3, -0.25) is 4.79 Å².